The number of rotatable bonds is 4. The Labute approximate surface area is 163 Å². The molecule has 0 atom stereocenters. The van der Waals surface area contributed by atoms with E-state index in [1.54, 1.807) is 13.4 Å². The summed E-state index contributed by atoms with van der Waals surface area (Å²) in [6.07, 6.45) is 5.68. The summed E-state index contributed by atoms with van der Waals surface area (Å²) in [4.78, 5) is 28.8. The first-order chi connectivity index (χ1) is 13.6. The minimum Gasteiger partial charge on any atom is -0.497 e. The van der Waals surface area contributed by atoms with Crippen LogP contribution >= 0.6 is 0 Å². The van der Waals surface area contributed by atoms with Crippen molar-refractivity contribution >= 4 is 22.8 Å². The third-order valence-corrected chi connectivity index (χ3v) is 6.23. The van der Waals surface area contributed by atoms with Gasteiger partial charge in [-0.15, -0.1) is 0 Å². The average Bonchev–Trinajstić information content (AvgIpc) is 3.14. The SMILES string of the molecule is COc1ccc(C(=O)N2CC3(CC(N(C)c4ncnc5[nH]ccc45)C3)C2)cc1. The fraction of sp³-hybridized carbons (Fsp3) is 0.381. The Kier molecular flexibility index (Phi) is 3.79. The van der Waals surface area contributed by atoms with E-state index in [0.717, 1.165) is 54.1 Å². The summed E-state index contributed by atoms with van der Waals surface area (Å²) in [6.45, 7) is 1.68. The number of aromatic nitrogens is 3. The number of fused-ring (bicyclic) bond motifs is 1. The molecule has 1 aromatic carbocycles. The summed E-state index contributed by atoms with van der Waals surface area (Å²) >= 11 is 0. The largest absolute Gasteiger partial charge is 0.497 e. The summed E-state index contributed by atoms with van der Waals surface area (Å²) in [5.41, 5.74) is 1.86. The number of hydrogen-bond donors (Lipinski definition) is 1. The van der Waals surface area contributed by atoms with Gasteiger partial charge < -0.3 is 19.5 Å². The fourth-order valence-electron chi connectivity index (χ4n) is 4.61. The van der Waals surface area contributed by atoms with E-state index in [0.29, 0.717) is 6.04 Å². The third-order valence-electron chi connectivity index (χ3n) is 6.23. The van der Waals surface area contributed by atoms with Crippen molar-refractivity contribution in [2.75, 3.05) is 32.1 Å². The van der Waals surface area contributed by atoms with Crippen LogP contribution in [0.15, 0.2) is 42.9 Å². The molecular formula is C21H23N5O2. The van der Waals surface area contributed by atoms with Gasteiger partial charge in [-0.2, -0.15) is 0 Å². The van der Waals surface area contributed by atoms with E-state index in [1.165, 1.54) is 0 Å². The predicted molar refractivity (Wildman–Crippen MR) is 107 cm³/mol. The van der Waals surface area contributed by atoms with Crippen molar-refractivity contribution < 1.29 is 9.53 Å². The normalized spacial score (nSPS) is 18.0. The van der Waals surface area contributed by atoms with E-state index in [-0.39, 0.29) is 11.3 Å². The number of nitrogens with one attached hydrogen (secondary N) is 1. The van der Waals surface area contributed by atoms with Gasteiger partial charge in [0, 0.05) is 43.4 Å². The Bertz CT molecular complexity index is 1010. The van der Waals surface area contributed by atoms with Gasteiger partial charge in [0.05, 0.1) is 12.5 Å². The maximum Gasteiger partial charge on any atom is 0.253 e. The number of likely N-dealkylation sites (tertiary alicyclic amines) is 1. The average molecular weight is 377 g/mol. The zero-order valence-corrected chi connectivity index (χ0v) is 16.1. The molecule has 2 aromatic heterocycles. The lowest BCUT2D eigenvalue weighted by molar-refractivity contribution is -0.0541. The number of nitrogens with zero attached hydrogens (tertiary/aromatic N) is 4. The van der Waals surface area contributed by atoms with Crippen LogP contribution in [0.3, 0.4) is 0 Å². The van der Waals surface area contributed by atoms with Gasteiger partial charge in [0.2, 0.25) is 0 Å². The Balaban J connectivity index is 1.21. The van der Waals surface area contributed by atoms with Crippen LogP contribution in [-0.4, -0.2) is 59.0 Å². The highest BCUT2D eigenvalue weighted by molar-refractivity contribution is 5.95. The molecule has 3 heterocycles. The second-order valence-electron chi connectivity index (χ2n) is 8.00. The summed E-state index contributed by atoms with van der Waals surface area (Å²) in [6, 6.07) is 9.81. The number of anilines is 1. The second-order valence-corrected chi connectivity index (χ2v) is 8.00. The maximum absolute atomic E-state index is 12.7. The third kappa shape index (κ3) is 2.61. The number of hydrogen-bond acceptors (Lipinski definition) is 5. The number of ether oxygens (including phenoxy) is 1. The molecule has 1 aliphatic heterocycles. The van der Waals surface area contributed by atoms with E-state index in [9.17, 15) is 4.79 Å². The summed E-state index contributed by atoms with van der Waals surface area (Å²) in [5, 5.41) is 1.05. The highest BCUT2D eigenvalue weighted by atomic mass is 16.5. The molecule has 2 fully saturated rings. The van der Waals surface area contributed by atoms with Crippen LogP contribution in [0.5, 0.6) is 5.75 Å². The lowest BCUT2D eigenvalue weighted by Crippen LogP contribution is -2.67. The molecule has 1 aliphatic carbocycles. The van der Waals surface area contributed by atoms with Gasteiger partial charge in [0.1, 0.15) is 23.5 Å². The van der Waals surface area contributed by atoms with Crippen molar-refractivity contribution in [3.8, 4) is 5.75 Å². The van der Waals surface area contributed by atoms with Gasteiger partial charge in [-0.25, -0.2) is 9.97 Å². The van der Waals surface area contributed by atoms with Crippen LogP contribution < -0.4 is 9.64 Å². The van der Waals surface area contributed by atoms with Gasteiger partial charge in [0.15, 0.2) is 0 Å². The van der Waals surface area contributed by atoms with Crippen molar-refractivity contribution in [1.29, 1.82) is 0 Å². The number of H-pyrrole nitrogens is 1. The quantitative estimate of drug-likeness (QED) is 0.757. The molecule has 5 rings (SSSR count). The minimum atomic E-state index is 0.106. The molecule has 7 heteroatoms. The molecule has 28 heavy (non-hydrogen) atoms. The zero-order valence-electron chi connectivity index (χ0n) is 16.1. The van der Waals surface area contributed by atoms with Crippen LogP contribution in [0.2, 0.25) is 0 Å². The van der Waals surface area contributed by atoms with Crippen LogP contribution in [0.1, 0.15) is 23.2 Å². The number of methoxy groups -OCH3 is 1. The standard InChI is InChI=1S/C21H23N5O2/c1-25(19-17-7-8-22-18(17)23-13-24-19)15-9-21(10-15)11-26(12-21)20(27)14-3-5-16(28-2)6-4-14/h3-8,13,15H,9-12H2,1-2H3,(H,22,23,24). The van der Waals surface area contributed by atoms with Crippen LogP contribution in [0.4, 0.5) is 5.82 Å². The number of carbonyl (C=O) groups is 1. The molecule has 2 aliphatic rings. The molecular weight excluding hydrogens is 354 g/mol. The summed E-state index contributed by atoms with van der Waals surface area (Å²) in [7, 11) is 3.73. The van der Waals surface area contributed by atoms with Gasteiger partial charge in [0.25, 0.3) is 5.91 Å². The molecule has 0 radical (unpaired) electrons. The smallest absolute Gasteiger partial charge is 0.253 e. The first-order valence-electron chi connectivity index (χ1n) is 9.53. The molecule has 0 bridgehead atoms. The number of carbonyl (C=O) groups excluding carboxylic acids is 1. The van der Waals surface area contributed by atoms with Crippen LogP contribution in [-0.2, 0) is 0 Å². The molecule has 0 unspecified atom stereocenters. The van der Waals surface area contributed by atoms with Gasteiger partial charge in [-0.1, -0.05) is 0 Å². The van der Waals surface area contributed by atoms with Crippen molar-refractivity contribution in [3.63, 3.8) is 0 Å². The van der Waals surface area contributed by atoms with E-state index in [4.69, 9.17) is 4.74 Å². The number of amides is 1. The van der Waals surface area contributed by atoms with Crippen molar-refractivity contribution in [3.05, 3.63) is 48.4 Å². The highest BCUT2D eigenvalue weighted by Gasteiger charge is 2.54. The number of aromatic amines is 1. The second kappa shape index (κ2) is 6.22. The summed E-state index contributed by atoms with van der Waals surface area (Å²) < 4.78 is 5.16. The Hall–Kier alpha value is -3.09. The monoisotopic (exact) mass is 377 g/mol. The molecule has 7 nitrogen and oxygen atoms in total. The van der Waals surface area contributed by atoms with E-state index < -0.39 is 0 Å². The molecule has 1 spiro atoms. The molecule has 1 saturated carbocycles. The molecule has 144 valence electrons. The summed E-state index contributed by atoms with van der Waals surface area (Å²) in [5.74, 6) is 1.84. The lowest BCUT2D eigenvalue weighted by atomic mass is 9.60. The Morgan fingerprint density at radius 1 is 1.21 bits per heavy atom. The first kappa shape index (κ1) is 17.0. The van der Waals surface area contributed by atoms with E-state index >= 15 is 0 Å². The zero-order chi connectivity index (χ0) is 19.3. The minimum absolute atomic E-state index is 0.106. The van der Waals surface area contributed by atoms with Crippen molar-refractivity contribution in [2.45, 2.75) is 18.9 Å². The first-order valence-corrected chi connectivity index (χ1v) is 9.53. The van der Waals surface area contributed by atoms with Crippen molar-refractivity contribution in [1.82, 2.24) is 19.9 Å². The molecule has 1 amide bonds. The van der Waals surface area contributed by atoms with Crippen LogP contribution in [0, 0.1) is 5.41 Å². The van der Waals surface area contributed by atoms with Gasteiger partial charge in [-0.05, 0) is 43.2 Å². The Morgan fingerprint density at radius 3 is 2.68 bits per heavy atom. The van der Waals surface area contributed by atoms with Gasteiger partial charge >= 0.3 is 0 Å². The van der Waals surface area contributed by atoms with Gasteiger partial charge in [-0.3, -0.25) is 4.79 Å². The van der Waals surface area contributed by atoms with E-state index in [1.807, 2.05) is 41.4 Å². The maximum atomic E-state index is 12.7. The highest BCUT2D eigenvalue weighted by Crippen LogP contribution is 2.51. The predicted octanol–water partition coefficient (Wildman–Crippen LogP) is 2.71. The molecule has 1 N–H and O–H groups in total. The van der Waals surface area contributed by atoms with Crippen LogP contribution in [0.25, 0.3) is 11.0 Å². The Morgan fingerprint density at radius 2 is 1.96 bits per heavy atom. The molecule has 1 saturated heterocycles. The fourth-order valence-corrected chi connectivity index (χ4v) is 4.61. The lowest BCUT2D eigenvalue weighted by Gasteiger charge is -2.60. The van der Waals surface area contributed by atoms with Crippen molar-refractivity contribution in [2.24, 2.45) is 5.41 Å². The van der Waals surface area contributed by atoms with E-state index in [2.05, 4.69) is 26.9 Å². The number of benzene rings is 1. The molecule has 3 aromatic rings. The topological polar surface area (TPSA) is 74.3 Å².